The Morgan fingerprint density at radius 3 is 1.84 bits per heavy atom. The minimum Gasteiger partial charge on any atom is -0.480 e. The topological polar surface area (TPSA) is 142 Å². The van der Waals surface area contributed by atoms with Gasteiger partial charge in [-0.1, -0.05) is 61.5 Å². The van der Waals surface area contributed by atoms with Gasteiger partial charge in [-0.2, -0.15) is 0 Å². The van der Waals surface area contributed by atoms with E-state index in [1.165, 1.54) is 12.1 Å². The molecule has 1 rings (SSSR count). The van der Waals surface area contributed by atoms with E-state index in [4.69, 9.17) is 19.9 Å². The summed E-state index contributed by atoms with van der Waals surface area (Å²) < 4.78 is 16.5. The summed E-state index contributed by atoms with van der Waals surface area (Å²) in [6.07, 6.45) is -0.162. The maximum Gasteiger partial charge on any atom is 0.324 e. The number of ether oxygens (including phenoxy) is 3. The molecule has 1 aromatic rings. The number of nitrogens with two attached hydrogens (primary N) is 1. The van der Waals surface area contributed by atoms with Gasteiger partial charge in [-0.3, -0.25) is 19.2 Å². The van der Waals surface area contributed by atoms with Crippen molar-refractivity contribution >= 4 is 23.9 Å². The third kappa shape index (κ3) is 11.6. The van der Waals surface area contributed by atoms with Gasteiger partial charge in [0.15, 0.2) is 11.5 Å². The molecule has 0 radical (unpaired) electrons. The Morgan fingerprint density at radius 1 is 0.895 bits per heavy atom. The van der Waals surface area contributed by atoms with Crippen LogP contribution >= 0.6 is 0 Å². The summed E-state index contributed by atoms with van der Waals surface area (Å²) in [7, 11) is 0. The summed E-state index contributed by atoms with van der Waals surface area (Å²) >= 11 is 0. The van der Waals surface area contributed by atoms with Gasteiger partial charge in [0.2, 0.25) is 0 Å². The summed E-state index contributed by atoms with van der Waals surface area (Å²) in [5, 5.41) is 9.94. The SMILES string of the molecule is CCC(C)C(=O)O[C@@H](C)CC(N)(Cc1ccc(OC(=O)CC(C)(C)C)c(OC(=O)CC(C)(C)C)c1)C(=O)O. The Balaban J connectivity index is 3.26. The van der Waals surface area contributed by atoms with E-state index in [0.29, 0.717) is 12.0 Å². The third-order valence-electron chi connectivity index (χ3n) is 5.73. The first-order chi connectivity index (χ1) is 17.2. The van der Waals surface area contributed by atoms with Crippen LogP contribution in [-0.4, -0.2) is 40.6 Å². The van der Waals surface area contributed by atoms with Crippen LogP contribution in [-0.2, 0) is 30.3 Å². The number of carboxylic acid groups (broad SMARTS) is 1. The highest BCUT2D eigenvalue weighted by atomic mass is 16.6. The van der Waals surface area contributed by atoms with Crippen LogP contribution in [0.1, 0.15) is 93.6 Å². The van der Waals surface area contributed by atoms with Crippen LogP contribution in [0.5, 0.6) is 11.5 Å². The van der Waals surface area contributed by atoms with E-state index < -0.39 is 35.5 Å². The number of rotatable bonds is 12. The minimum atomic E-state index is -1.77. The zero-order chi connectivity index (χ0) is 29.5. The first-order valence-electron chi connectivity index (χ1n) is 13.0. The number of carbonyl (C=O) groups is 4. The predicted molar refractivity (Wildman–Crippen MR) is 144 cm³/mol. The van der Waals surface area contributed by atoms with Crippen molar-refractivity contribution in [2.75, 3.05) is 0 Å². The van der Waals surface area contributed by atoms with Crippen LogP contribution in [0.3, 0.4) is 0 Å². The van der Waals surface area contributed by atoms with E-state index >= 15 is 0 Å². The normalized spacial score (nSPS) is 15.1. The van der Waals surface area contributed by atoms with Gasteiger partial charge >= 0.3 is 23.9 Å². The Hall–Kier alpha value is -2.94. The Morgan fingerprint density at radius 2 is 1.39 bits per heavy atom. The van der Waals surface area contributed by atoms with Crippen LogP contribution in [0, 0.1) is 16.7 Å². The quantitative estimate of drug-likeness (QED) is 0.277. The summed E-state index contributed by atoms with van der Waals surface area (Å²) in [6, 6.07) is 4.49. The van der Waals surface area contributed by atoms with E-state index in [0.717, 1.165) is 0 Å². The first kappa shape index (κ1) is 33.1. The summed E-state index contributed by atoms with van der Waals surface area (Å²) in [5.41, 5.74) is 4.33. The summed E-state index contributed by atoms with van der Waals surface area (Å²) in [6.45, 7) is 16.6. The van der Waals surface area contributed by atoms with Gasteiger partial charge in [-0.25, -0.2) is 0 Å². The lowest BCUT2D eigenvalue weighted by Gasteiger charge is -2.28. The standard InChI is InChI=1S/C29H45NO8/c1-10-18(2)25(33)36-19(3)14-29(30,26(34)35)15-20-11-12-21(37-23(31)16-27(4,5)6)22(13-20)38-24(32)17-28(7,8)9/h11-13,18-19H,10,14-17,30H2,1-9H3,(H,34,35)/t18?,19-,29?/m0/s1. The molecule has 0 heterocycles. The van der Waals surface area contributed by atoms with E-state index in [1.54, 1.807) is 19.9 Å². The van der Waals surface area contributed by atoms with Crippen LogP contribution in [0.4, 0.5) is 0 Å². The monoisotopic (exact) mass is 535 g/mol. The van der Waals surface area contributed by atoms with Crippen molar-refractivity contribution in [3.8, 4) is 11.5 Å². The third-order valence-corrected chi connectivity index (χ3v) is 5.73. The molecule has 38 heavy (non-hydrogen) atoms. The molecule has 0 aliphatic carbocycles. The number of hydrogen-bond donors (Lipinski definition) is 2. The fourth-order valence-electron chi connectivity index (χ4n) is 3.65. The first-order valence-corrected chi connectivity index (χ1v) is 13.0. The van der Waals surface area contributed by atoms with E-state index in [2.05, 4.69) is 0 Å². The summed E-state index contributed by atoms with van der Waals surface area (Å²) in [4.78, 5) is 49.4. The van der Waals surface area contributed by atoms with Gasteiger partial charge < -0.3 is 25.1 Å². The van der Waals surface area contributed by atoms with Crippen molar-refractivity contribution in [1.29, 1.82) is 0 Å². The lowest BCUT2D eigenvalue weighted by Crippen LogP contribution is -2.52. The Labute approximate surface area is 226 Å². The second kappa shape index (κ2) is 13.2. The number of benzene rings is 1. The molecule has 0 saturated carbocycles. The van der Waals surface area contributed by atoms with Crippen molar-refractivity contribution in [2.45, 2.75) is 106 Å². The maximum absolute atomic E-state index is 12.6. The van der Waals surface area contributed by atoms with Crippen LogP contribution in [0.15, 0.2) is 18.2 Å². The number of hydrogen-bond acceptors (Lipinski definition) is 8. The molecule has 0 spiro atoms. The second-order valence-corrected chi connectivity index (χ2v) is 12.6. The molecular formula is C29H45NO8. The molecular weight excluding hydrogens is 490 g/mol. The molecule has 0 aromatic heterocycles. The average molecular weight is 536 g/mol. The largest absolute Gasteiger partial charge is 0.480 e. The number of carboxylic acids is 1. The van der Waals surface area contributed by atoms with Crippen LogP contribution < -0.4 is 15.2 Å². The molecule has 0 aliphatic rings. The molecule has 0 fully saturated rings. The molecule has 0 bridgehead atoms. The number of aliphatic carboxylic acids is 1. The van der Waals surface area contributed by atoms with Crippen molar-refractivity contribution in [3.63, 3.8) is 0 Å². The molecule has 214 valence electrons. The Bertz CT molecular complexity index is 1000. The highest BCUT2D eigenvalue weighted by Gasteiger charge is 2.37. The molecule has 3 atom stereocenters. The van der Waals surface area contributed by atoms with Gasteiger partial charge in [0.25, 0.3) is 0 Å². The van der Waals surface area contributed by atoms with Gasteiger partial charge in [-0.15, -0.1) is 0 Å². The smallest absolute Gasteiger partial charge is 0.324 e. The molecule has 0 amide bonds. The lowest BCUT2D eigenvalue weighted by atomic mass is 9.86. The van der Waals surface area contributed by atoms with E-state index in [9.17, 15) is 24.3 Å². The van der Waals surface area contributed by atoms with Crippen molar-refractivity contribution in [3.05, 3.63) is 23.8 Å². The zero-order valence-corrected chi connectivity index (χ0v) is 24.3. The van der Waals surface area contributed by atoms with Crippen LogP contribution in [0.2, 0.25) is 0 Å². The maximum atomic E-state index is 12.6. The van der Waals surface area contributed by atoms with E-state index in [1.807, 2.05) is 48.5 Å². The zero-order valence-electron chi connectivity index (χ0n) is 24.3. The van der Waals surface area contributed by atoms with Gasteiger partial charge in [0.05, 0.1) is 18.8 Å². The van der Waals surface area contributed by atoms with Crippen molar-refractivity contribution < 1.29 is 38.5 Å². The van der Waals surface area contributed by atoms with Gasteiger partial charge in [0.1, 0.15) is 11.6 Å². The Kier molecular flexibility index (Phi) is 11.5. The fourth-order valence-corrected chi connectivity index (χ4v) is 3.65. The molecule has 9 nitrogen and oxygen atoms in total. The molecule has 2 unspecified atom stereocenters. The van der Waals surface area contributed by atoms with Crippen molar-refractivity contribution in [1.82, 2.24) is 0 Å². The fraction of sp³-hybridized carbons (Fsp3) is 0.655. The second-order valence-electron chi connectivity index (χ2n) is 12.6. The van der Waals surface area contributed by atoms with E-state index in [-0.39, 0.29) is 53.9 Å². The minimum absolute atomic E-state index is 0.00277. The summed E-state index contributed by atoms with van der Waals surface area (Å²) in [5.74, 6) is -2.95. The molecule has 3 N–H and O–H groups in total. The van der Waals surface area contributed by atoms with Gasteiger partial charge in [0, 0.05) is 12.8 Å². The molecule has 1 aromatic carbocycles. The average Bonchev–Trinajstić information content (AvgIpc) is 2.71. The van der Waals surface area contributed by atoms with Gasteiger partial charge in [-0.05, 0) is 41.9 Å². The number of esters is 3. The molecule has 0 aliphatic heterocycles. The highest BCUT2D eigenvalue weighted by Crippen LogP contribution is 2.33. The number of carbonyl (C=O) groups excluding carboxylic acids is 3. The van der Waals surface area contributed by atoms with Crippen molar-refractivity contribution in [2.24, 2.45) is 22.5 Å². The lowest BCUT2D eigenvalue weighted by molar-refractivity contribution is -0.156. The molecule has 0 saturated heterocycles. The predicted octanol–water partition coefficient (Wildman–Crippen LogP) is 5.06. The van der Waals surface area contributed by atoms with Crippen LogP contribution in [0.25, 0.3) is 0 Å². The molecule has 9 heteroatoms. The highest BCUT2D eigenvalue weighted by molar-refractivity contribution is 5.80.